The van der Waals surface area contributed by atoms with E-state index in [1.165, 1.54) is 24.3 Å². The monoisotopic (exact) mass is 387 g/mol. The van der Waals surface area contributed by atoms with Crippen molar-refractivity contribution in [1.29, 1.82) is 0 Å². The summed E-state index contributed by atoms with van der Waals surface area (Å²) in [4.78, 5) is 2.14. The number of piperidine rings is 1. The zero-order chi connectivity index (χ0) is 19.4. The summed E-state index contributed by atoms with van der Waals surface area (Å²) in [5, 5.41) is 21.7. The molecule has 1 fully saturated rings. The third kappa shape index (κ3) is 4.88. The van der Waals surface area contributed by atoms with Gasteiger partial charge < -0.3 is 10.2 Å². The van der Waals surface area contributed by atoms with Crippen LogP contribution < -0.4 is 0 Å². The number of hydrogen-bond donors (Lipinski definition) is 2. The Kier molecular flexibility index (Phi) is 6.18. The van der Waals surface area contributed by atoms with Crippen LogP contribution in [0.25, 0.3) is 0 Å². The second-order valence-corrected chi connectivity index (χ2v) is 7.47. The number of aliphatic hydroxyl groups is 2. The van der Waals surface area contributed by atoms with Crippen LogP contribution in [0, 0.1) is 24.6 Å². The Hall–Kier alpha value is -1.90. The zero-order valence-corrected chi connectivity index (χ0v) is 16.0. The van der Waals surface area contributed by atoms with E-state index in [0.717, 1.165) is 11.1 Å². The highest BCUT2D eigenvalue weighted by Crippen LogP contribution is 2.37. The molecule has 1 aliphatic heterocycles. The van der Waals surface area contributed by atoms with Crippen LogP contribution in [-0.4, -0.2) is 34.7 Å². The summed E-state index contributed by atoms with van der Waals surface area (Å²) >= 11 is 6.33. The smallest absolute Gasteiger partial charge is 0.140 e. The van der Waals surface area contributed by atoms with Crippen LogP contribution in [0.3, 0.4) is 0 Å². The van der Waals surface area contributed by atoms with E-state index in [1.54, 1.807) is 0 Å². The van der Waals surface area contributed by atoms with Crippen molar-refractivity contribution in [2.24, 2.45) is 0 Å². The van der Waals surface area contributed by atoms with Gasteiger partial charge in [0.1, 0.15) is 11.9 Å². The third-order valence-corrected chi connectivity index (χ3v) is 5.35. The SMILES string of the molecule is Cc1ccc(C2(O)CCN(CC#CC(O)c3ccc(F)cc3)CC2)c(Cl)c1. The highest BCUT2D eigenvalue weighted by atomic mass is 35.5. The second-order valence-electron chi connectivity index (χ2n) is 7.07. The van der Waals surface area contributed by atoms with Crippen LogP contribution in [-0.2, 0) is 5.60 Å². The minimum absolute atomic E-state index is 0.339. The van der Waals surface area contributed by atoms with E-state index in [9.17, 15) is 14.6 Å². The van der Waals surface area contributed by atoms with Crippen molar-refractivity contribution in [2.75, 3.05) is 19.6 Å². The highest BCUT2D eigenvalue weighted by molar-refractivity contribution is 6.31. The van der Waals surface area contributed by atoms with E-state index < -0.39 is 11.7 Å². The fourth-order valence-electron chi connectivity index (χ4n) is 3.33. The Morgan fingerprint density at radius 3 is 2.48 bits per heavy atom. The highest BCUT2D eigenvalue weighted by Gasteiger charge is 2.35. The van der Waals surface area contributed by atoms with Gasteiger partial charge in [0.2, 0.25) is 0 Å². The molecule has 2 N–H and O–H groups in total. The molecule has 0 amide bonds. The predicted octanol–water partition coefficient (Wildman–Crippen LogP) is 3.81. The minimum atomic E-state index is -0.932. The largest absolute Gasteiger partial charge is 0.385 e. The van der Waals surface area contributed by atoms with Gasteiger partial charge in [-0.05, 0) is 49.1 Å². The fourth-order valence-corrected chi connectivity index (χ4v) is 3.74. The van der Waals surface area contributed by atoms with Gasteiger partial charge in [0.25, 0.3) is 0 Å². The summed E-state index contributed by atoms with van der Waals surface area (Å²) in [5.74, 6) is 5.43. The molecule has 2 aromatic rings. The number of benzene rings is 2. The van der Waals surface area contributed by atoms with Crippen LogP contribution >= 0.6 is 11.6 Å². The summed E-state index contributed by atoms with van der Waals surface area (Å²) in [6.45, 7) is 3.88. The molecule has 5 heteroatoms. The predicted molar refractivity (Wildman–Crippen MR) is 105 cm³/mol. The molecule has 0 bridgehead atoms. The minimum Gasteiger partial charge on any atom is -0.385 e. The number of likely N-dealkylation sites (tertiary alicyclic amines) is 1. The number of rotatable bonds is 3. The van der Waals surface area contributed by atoms with Gasteiger partial charge in [0, 0.05) is 23.7 Å². The molecule has 3 nitrogen and oxygen atoms in total. The summed E-state index contributed by atoms with van der Waals surface area (Å²) in [5.41, 5.74) is 1.51. The first-order valence-corrected chi connectivity index (χ1v) is 9.38. The first-order chi connectivity index (χ1) is 12.9. The van der Waals surface area contributed by atoms with Gasteiger partial charge in [-0.25, -0.2) is 4.39 Å². The van der Waals surface area contributed by atoms with Crippen molar-refractivity contribution in [3.63, 3.8) is 0 Å². The van der Waals surface area contributed by atoms with Gasteiger partial charge >= 0.3 is 0 Å². The van der Waals surface area contributed by atoms with E-state index >= 15 is 0 Å². The lowest BCUT2D eigenvalue weighted by Crippen LogP contribution is -2.42. The van der Waals surface area contributed by atoms with Crippen molar-refractivity contribution >= 4 is 11.6 Å². The number of aliphatic hydroxyl groups excluding tert-OH is 1. The van der Waals surface area contributed by atoms with Crippen molar-refractivity contribution < 1.29 is 14.6 Å². The van der Waals surface area contributed by atoms with Gasteiger partial charge in [-0.2, -0.15) is 0 Å². The maximum atomic E-state index is 12.9. The molecule has 1 unspecified atom stereocenters. The Morgan fingerprint density at radius 1 is 1.19 bits per heavy atom. The summed E-state index contributed by atoms with van der Waals surface area (Å²) in [7, 11) is 0. The molecular weight excluding hydrogens is 365 g/mol. The average Bonchev–Trinajstić information content (AvgIpc) is 2.64. The standard InChI is InChI=1S/C22H23ClFNO2/c1-16-4-9-19(20(23)15-16)22(27)10-13-25(14-11-22)12-2-3-21(26)17-5-7-18(24)8-6-17/h4-9,15,21,26-27H,10-14H2,1H3. The summed E-state index contributed by atoms with van der Waals surface area (Å²) in [6, 6.07) is 11.4. The number of hydrogen-bond acceptors (Lipinski definition) is 3. The van der Waals surface area contributed by atoms with Gasteiger partial charge in [-0.3, -0.25) is 4.90 Å². The first-order valence-electron chi connectivity index (χ1n) is 9.01. The molecule has 1 aliphatic rings. The zero-order valence-electron chi connectivity index (χ0n) is 15.3. The van der Waals surface area contributed by atoms with E-state index in [4.69, 9.17) is 11.6 Å². The van der Waals surface area contributed by atoms with E-state index in [2.05, 4.69) is 16.7 Å². The number of nitrogens with zero attached hydrogens (tertiary/aromatic N) is 1. The Balaban J connectivity index is 1.56. The Bertz CT molecular complexity index is 849. The molecule has 3 rings (SSSR count). The van der Waals surface area contributed by atoms with Gasteiger partial charge in [-0.1, -0.05) is 47.7 Å². The van der Waals surface area contributed by atoms with E-state index in [0.29, 0.717) is 43.1 Å². The van der Waals surface area contributed by atoms with Crippen LogP contribution in [0.5, 0.6) is 0 Å². The quantitative estimate of drug-likeness (QED) is 0.787. The van der Waals surface area contributed by atoms with Crippen molar-refractivity contribution in [3.05, 3.63) is 70.0 Å². The molecule has 1 saturated heterocycles. The molecule has 0 radical (unpaired) electrons. The lowest BCUT2D eigenvalue weighted by atomic mass is 9.84. The maximum absolute atomic E-state index is 12.9. The molecule has 142 valence electrons. The van der Waals surface area contributed by atoms with Crippen molar-refractivity contribution in [1.82, 2.24) is 4.90 Å². The van der Waals surface area contributed by atoms with Gasteiger partial charge in [-0.15, -0.1) is 0 Å². The molecule has 0 aliphatic carbocycles. The molecular formula is C22H23ClFNO2. The van der Waals surface area contributed by atoms with Gasteiger partial charge in [0.15, 0.2) is 0 Å². The Morgan fingerprint density at radius 2 is 1.85 bits per heavy atom. The van der Waals surface area contributed by atoms with Crippen LogP contribution in [0.1, 0.15) is 35.6 Å². The van der Waals surface area contributed by atoms with E-state index in [-0.39, 0.29) is 5.82 Å². The first kappa shape index (κ1) is 19.9. The molecule has 1 heterocycles. The maximum Gasteiger partial charge on any atom is 0.140 e. The summed E-state index contributed by atoms with van der Waals surface area (Å²) < 4.78 is 12.9. The normalized spacial score (nSPS) is 17.8. The van der Waals surface area contributed by atoms with Crippen LogP contribution in [0.4, 0.5) is 4.39 Å². The van der Waals surface area contributed by atoms with Crippen molar-refractivity contribution in [2.45, 2.75) is 31.5 Å². The molecule has 0 spiro atoms. The number of aryl methyl sites for hydroxylation is 1. The van der Waals surface area contributed by atoms with Crippen LogP contribution in [0.2, 0.25) is 5.02 Å². The third-order valence-electron chi connectivity index (χ3n) is 5.04. The van der Waals surface area contributed by atoms with Crippen molar-refractivity contribution in [3.8, 4) is 11.8 Å². The molecule has 0 aromatic heterocycles. The van der Waals surface area contributed by atoms with Gasteiger partial charge in [0.05, 0.1) is 12.1 Å². The van der Waals surface area contributed by atoms with Crippen LogP contribution in [0.15, 0.2) is 42.5 Å². The Labute approximate surface area is 164 Å². The number of halogens is 2. The second kappa shape index (κ2) is 8.41. The lowest BCUT2D eigenvalue weighted by molar-refractivity contribution is -0.0229. The lowest BCUT2D eigenvalue weighted by Gasteiger charge is -2.38. The molecule has 0 saturated carbocycles. The fraction of sp³-hybridized carbons (Fsp3) is 0.364. The average molecular weight is 388 g/mol. The molecule has 27 heavy (non-hydrogen) atoms. The molecule has 2 aromatic carbocycles. The topological polar surface area (TPSA) is 43.7 Å². The summed E-state index contributed by atoms with van der Waals surface area (Å²) in [6.07, 6.45) is 0.231. The molecule has 1 atom stereocenters. The van der Waals surface area contributed by atoms with E-state index in [1.807, 2.05) is 25.1 Å².